The fourth-order valence-corrected chi connectivity index (χ4v) is 1.26. The van der Waals surface area contributed by atoms with Crippen LogP contribution in [0, 0.1) is 6.92 Å². The number of rotatable bonds is 3. The second-order valence-corrected chi connectivity index (χ2v) is 3.17. The van der Waals surface area contributed by atoms with Crippen molar-refractivity contribution in [3.8, 4) is 5.88 Å². The van der Waals surface area contributed by atoms with Crippen molar-refractivity contribution in [2.75, 3.05) is 6.61 Å². The third-order valence-corrected chi connectivity index (χ3v) is 1.92. The first kappa shape index (κ1) is 9.51. The highest BCUT2D eigenvalue weighted by Gasteiger charge is 2.10. The molecule has 5 heteroatoms. The number of hydrogen-bond acceptors (Lipinski definition) is 4. The zero-order valence-corrected chi connectivity index (χ0v) is 8.06. The van der Waals surface area contributed by atoms with Gasteiger partial charge in [0.2, 0.25) is 0 Å². The smallest absolute Gasteiger partial charge is 0.341 e. The van der Waals surface area contributed by atoms with E-state index >= 15 is 0 Å². The molecular weight excluding hydrogens is 198 g/mol. The molecule has 2 rings (SSSR count). The fourth-order valence-electron chi connectivity index (χ4n) is 1.26. The maximum Gasteiger partial charge on any atom is 0.341 e. The van der Waals surface area contributed by atoms with Crippen LogP contribution in [-0.4, -0.2) is 22.8 Å². The summed E-state index contributed by atoms with van der Waals surface area (Å²) in [4.78, 5) is 10.3. The molecule has 0 saturated carbocycles. The summed E-state index contributed by atoms with van der Waals surface area (Å²) in [6.07, 6.45) is 0. The van der Waals surface area contributed by atoms with Crippen LogP contribution in [0.3, 0.4) is 0 Å². The normalized spacial score (nSPS) is 10.5. The van der Waals surface area contributed by atoms with E-state index in [2.05, 4.69) is 5.16 Å². The molecule has 2 aromatic rings. The molecule has 0 unspecified atom stereocenters. The largest absolute Gasteiger partial charge is 0.479 e. The van der Waals surface area contributed by atoms with Gasteiger partial charge in [0.05, 0.1) is 5.39 Å². The summed E-state index contributed by atoms with van der Waals surface area (Å²) in [5, 5.41) is 12.8. The van der Waals surface area contributed by atoms with Gasteiger partial charge in [-0.25, -0.2) is 4.79 Å². The summed E-state index contributed by atoms with van der Waals surface area (Å²) in [5.41, 5.74) is 1.62. The van der Waals surface area contributed by atoms with Crippen LogP contribution in [0.15, 0.2) is 22.7 Å². The quantitative estimate of drug-likeness (QED) is 0.827. The number of ether oxygens (including phenoxy) is 1. The van der Waals surface area contributed by atoms with Gasteiger partial charge in [0.25, 0.3) is 5.88 Å². The standard InChI is InChI=1S/C10H9NO4/c1-6-2-3-8-7(4-6)10(11-15-8)14-5-9(12)13/h2-4H,5H2,1H3,(H,12,13). The number of aromatic nitrogens is 1. The van der Waals surface area contributed by atoms with Crippen LogP contribution >= 0.6 is 0 Å². The lowest BCUT2D eigenvalue weighted by Crippen LogP contribution is -2.09. The molecule has 0 aliphatic rings. The van der Waals surface area contributed by atoms with Gasteiger partial charge in [0, 0.05) is 0 Å². The molecule has 1 heterocycles. The number of carboxylic acids is 1. The monoisotopic (exact) mass is 207 g/mol. The second kappa shape index (κ2) is 3.61. The lowest BCUT2D eigenvalue weighted by molar-refractivity contribution is -0.139. The molecule has 15 heavy (non-hydrogen) atoms. The highest BCUT2D eigenvalue weighted by molar-refractivity contribution is 5.83. The van der Waals surface area contributed by atoms with Crippen molar-refractivity contribution in [1.29, 1.82) is 0 Å². The molecule has 0 fully saturated rings. The van der Waals surface area contributed by atoms with E-state index in [0.717, 1.165) is 5.56 Å². The maximum atomic E-state index is 10.3. The molecule has 0 amide bonds. The van der Waals surface area contributed by atoms with Gasteiger partial charge in [0.1, 0.15) is 0 Å². The number of aryl methyl sites for hydroxylation is 1. The van der Waals surface area contributed by atoms with E-state index < -0.39 is 12.6 Å². The van der Waals surface area contributed by atoms with E-state index in [-0.39, 0.29) is 5.88 Å². The minimum Gasteiger partial charge on any atom is -0.479 e. The minimum absolute atomic E-state index is 0.219. The van der Waals surface area contributed by atoms with Crippen LogP contribution in [0.25, 0.3) is 11.0 Å². The Balaban J connectivity index is 2.35. The molecule has 0 saturated heterocycles. The van der Waals surface area contributed by atoms with Gasteiger partial charge < -0.3 is 14.4 Å². The van der Waals surface area contributed by atoms with Crippen molar-refractivity contribution in [3.63, 3.8) is 0 Å². The van der Waals surface area contributed by atoms with Crippen LogP contribution < -0.4 is 4.74 Å². The Hall–Kier alpha value is -2.04. The highest BCUT2D eigenvalue weighted by atomic mass is 16.5. The lowest BCUT2D eigenvalue weighted by atomic mass is 10.2. The van der Waals surface area contributed by atoms with Crippen molar-refractivity contribution in [2.24, 2.45) is 0 Å². The van der Waals surface area contributed by atoms with E-state index in [1.165, 1.54) is 0 Å². The Morgan fingerprint density at radius 2 is 2.40 bits per heavy atom. The predicted octanol–water partition coefficient (Wildman–Crippen LogP) is 1.60. The molecule has 0 spiro atoms. The molecule has 0 radical (unpaired) electrons. The molecule has 0 atom stereocenters. The Labute approximate surface area is 85.2 Å². The molecule has 1 aromatic carbocycles. The Bertz CT molecular complexity index is 503. The summed E-state index contributed by atoms with van der Waals surface area (Å²) >= 11 is 0. The molecule has 0 aliphatic carbocycles. The molecular formula is C10H9NO4. The highest BCUT2D eigenvalue weighted by Crippen LogP contribution is 2.25. The first-order valence-electron chi connectivity index (χ1n) is 4.37. The number of fused-ring (bicyclic) bond motifs is 1. The second-order valence-electron chi connectivity index (χ2n) is 3.17. The van der Waals surface area contributed by atoms with Crippen LogP contribution in [0.2, 0.25) is 0 Å². The molecule has 5 nitrogen and oxygen atoms in total. The Morgan fingerprint density at radius 1 is 1.60 bits per heavy atom. The van der Waals surface area contributed by atoms with Gasteiger partial charge >= 0.3 is 5.97 Å². The van der Waals surface area contributed by atoms with Crippen LogP contribution in [0.5, 0.6) is 5.88 Å². The number of benzene rings is 1. The number of nitrogens with zero attached hydrogens (tertiary/aromatic N) is 1. The van der Waals surface area contributed by atoms with Gasteiger partial charge in [-0.3, -0.25) is 0 Å². The third kappa shape index (κ3) is 1.90. The number of carbonyl (C=O) groups is 1. The van der Waals surface area contributed by atoms with Crippen molar-refractivity contribution in [1.82, 2.24) is 5.16 Å². The van der Waals surface area contributed by atoms with Gasteiger partial charge in [0.15, 0.2) is 12.2 Å². The lowest BCUT2D eigenvalue weighted by Gasteiger charge is -1.97. The number of aliphatic carboxylic acids is 1. The molecule has 1 aromatic heterocycles. The first-order valence-corrected chi connectivity index (χ1v) is 4.37. The molecule has 78 valence electrons. The van der Waals surface area contributed by atoms with Crippen LogP contribution in [0.4, 0.5) is 0 Å². The fraction of sp³-hybridized carbons (Fsp3) is 0.200. The zero-order chi connectivity index (χ0) is 10.8. The average Bonchev–Trinajstić information content (AvgIpc) is 2.57. The van der Waals surface area contributed by atoms with Gasteiger partial charge in [-0.15, -0.1) is 0 Å². The summed E-state index contributed by atoms with van der Waals surface area (Å²) in [6, 6.07) is 5.49. The van der Waals surface area contributed by atoms with Crippen LogP contribution in [0.1, 0.15) is 5.56 Å². The Morgan fingerprint density at radius 3 is 3.13 bits per heavy atom. The van der Waals surface area contributed by atoms with Gasteiger partial charge in [-0.2, -0.15) is 0 Å². The summed E-state index contributed by atoms with van der Waals surface area (Å²) in [6.45, 7) is 1.50. The van der Waals surface area contributed by atoms with E-state index in [1.54, 1.807) is 6.07 Å². The topological polar surface area (TPSA) is 72.6 Å². The summed E-state index contributed by atoms with van der Waals surface area (Å²) < 4.78 is 9.94. The molecule has 0 bridgehead atoms. The third-order valence-electron chi connectivity index (χ3n) is 1.92. The first-order chi connectivity index (χ1) is 7.16. The van der Waals surface area contributed by atoms with E-state index in [1.807, 2.05) is 19.1 Å². The molecule has 1 N–H and O–H groups in total. The van der Waals surface area contributed by atoms with Gasteiger partial charge in [-0.05, 0) is 24.2 Å². The van der Waals surface area contributed by atoms with E-state index in [4.69, 9.17) is 14.4 Å². The minimum atomic E-state index is -1.04. The van der Waals surface area contributed by atoms with Crippen molar-refractivity contribution in [3.05, 3.63) is 23.8 Å². The SMILES string of the molecule is Cc1ccc2onc(OCC(=O)O)c2c1. The van der Waals surface area contributed by atoms with Crippen molar-refractivity contribution >= 4 is 16.9 Å². The Kier molecular flexibility index (Phi) is 2.29. The number of carboxylic acid groups (broad SMARTS) is 1. The average molecular weight is 207 g/mol. The van der Waals surface area contributed by atoms with E-state index in [0.29, 0.717) is 11.0 Å². The van der Waals surface area contributed by atoms with Crippen molar-refractivity contribution < 1.29 is 19.2 Å². The predicted molar refractivity (Wildman–Crippen MR) is 51.9 cm³/mol. The van der Waals surface area contributed by atoms with E-state index in [9.17, 15) is 4.79 Å². The molecule has 0 aliphatic heterocycles. The van der Waals surface area contributed by atoms with Crippen LogP contribution in [-0.2, 0) is 4.79 Å². The zero-order valence-electron chi connectivity index (χ0n) is 8.06. The number of hydrogen-bond donors (Lipinski definition) is 1. The summed E-state index contributed by atoms with van der Waals surface area (Å²) in [7, 11) is 0. The van der Waals surface area contributed by atoms with Crippen molar-refractivity contribution in [2.45, 2.75) is 6.92 Å². The maximum absolute atomic E-state index is 10.3. The summed E-state index contributed by atoms with van der Waals surface area (Å²) in [5.74, 6) is -0.824. The van der Waals surface area contributed by atoms with Gasteiger partial charge in [-0.1, -0.05) is 11.6 Å².